The van der Waals surface area contributed by atoms with E-state index < -0.39 is 17.8 Å². The van der Waals surface area contributed by atoms with Crippen molar-refractivity contribution in [1.29, 1.82) is 0 Å². The molecule has 0 aliphatic rings. The molecular formula is C14H12ClF3N2O. The highest BCUT2D eigenvalue weighted by atomic mass is 35.5. The minimum absolute atomic E-state index is 0.0111. The first-order valence-electron chi connectivity index (χ1n) is 6.15. The molecule has 112 valence electrons. The van der Waals surface area contributed by atoms with E-state index in [0.717, 1.165) is 12.1 Å². The summed E-state index contributed by atoms with van der Waals surface area (Å²) < 4.78 is 37.6. The lowest BCUT2D eigenvalue weighted by atomic mass is 10.1. The fraction of sp³-hybridized carbons (Fsp3) is 0.286. The molecule has 1 heterocycles. The summed E-state index contributed by atoms with van der Waals surface area (Å²) in [7, 11) is 0. The van der Waals surface area contributed by atoms with E-state index in [0.29, 0.717) is 17.0 Å². The van der Waals surface area contributed by atoms with Crippen molar-refractivity contribution in [2.45, 2.75) is 25.6 Å². The van der Waals surface area contributed by atoms with Gasteiger partial charge in [0.1, 0.15) is 0 Å². The molecule has 2 rings (SSSR count). The van der Waals surface area contributed by atoms with Gasteiger partial charge in [-0.1, -0.05) is 12.1 Å². The Morgan fingerprint density at radius 3 is 2.33 bits per heavy atom. The lowest BCUT2D eigenvalue weighted by Gasteiger charge is -2.09. The molecule has 0 fully saturated rings. The second kappa shape index (κ2) is 5.99. The maximum atomic E-state index is 12.5. The lowest BCUT2D eigenvalue weighted by Crippen LogP contribution is -2.07. The van der Waals surface area contributed by atoms with Crippen LogP contribution in [0.15, 0.2) is 30.3 Å². The standard InChI is InChI=1S/C14H12ClF3N2O/c1-8(21)6-11-7-12(20-13(15)19-11)9-2-4-10(5-3-9)14(16,17)18/h2-5,7-8,21H,6H2,1H3. The van der Waals surface area contributed by atoms with Crippen LogP contribution in [0.3, 0.4) is 0 Å². The van der Waals surface area contributed by atoms with Gasteiger partial charge in [0.25, 0.3) is 0 Å². The van der Waals surface area contributed by atoms with E-state index in [9.17, 15) is 18.3 Å². The van der Waals surface area contributed by atoms with Gasteiger partial charge in [-0.3, -0.25) is 0 Å². The van der Waals surface area contributed by atoms with E-state index in [2.05, 4.69) is 9.97 Å². The molecule has 1 atom stereocenters. The number of aliphatic hydroxyl groups excluding tert-OH is 1. The van der Waals surface area contributed by atoms with Gasteiger partial charge in [-0.2, -0.15) is 13.2 Å². The van der Waals surface area contributed by atoms with Gasteiger partial charge in [0.15, 0.2) is 0 Å². The third-order valence-corrected chi connectivity index (χ3v) is 2.93. The topological polar surface area (TPSA) is 46.0 Å². The molecule has 2 aromatic rings. The van der Waals surface area contributed by atoms with Crippen molar-refractivity contribution in [2.75, 3.05) is 0 Å². The molecule has 21 heavy (non-hydrogen) atoms. The molecule has 0 radical (unpaired) electrons. The first-order chi connectivity index (χ1) is 9.75. The van der Waals surface area contributed by atoms with Gasteiger partial charge in [0.2, 0.25) is 5.28 Å². The van der Waals surface area contributed by atoms with E-state index in [-0.39, 0.29) is 11.7 Å². The highest BCUT2D eigenvalue weighted by Gasteiger charge is 2.30. The van der Waals surface area contributed by atoms with Crippen molar-refractivity contribution < 1.29 is 18.3 Å². The van der Waals surface area contributed by atoms with Crippen LogP contribution in [0.4, 0.5) is 13.2 Å². The van der Waals surface area contributed by atoms with E-state index in [4.69, 9.17) is 11.6 Å². The van der Waals surface area contributed by atoms with E-state index >= 15 is 0 Å². The van der Waals surface area contributed by atoms with Crippen LogP contribution in [-0.2, 0) is 12.6 Å². The summed E-state index contributed by atoms with van der Waals surface area (Å²) in [5.74, 6) is 0. The zero-order chi connectivity index (χ0) is 15.6. The van der Waals surface area contributed by atoms with Crippen LogP contribution in [-0.4, -0.2) is 21.2 Å². The van der Waals surface area contributed by atoms with Crippen LogP contribution in [0.5, 0.6) is 0 Å². The molecule has 0 bridgehead atoms. The zero-order valence-electron chi connectivity index (χ0n) is 11.0. The molecule has 0 spiro atoms. The molecule has 7 heteroatoms. The molecule has 1 aromatic carbocycles. The third kappa shape index (κ3) is 4.15. The second-order valence-corrected chi connectivity index (χ2v) is 4.98. The highest BCUT2D eigenvalue weighted by Crippen LogP contribution is 2.30. The smallest absolute Gasteiger partial charge is 0.393 e. The molecular weight excluding hydrogens is 305 g/mol. The Morgan fingerprint density at radius 2 is 1.81 bits per heavy atom. The number of nitrogens with zero attached hydrogens (tertiary/aromatic N) is 2. The van der Waals surface area contributed by atoms with E-state index in [1.54, 1.807) is 13.0 Å². The summed E-state index contributed by atoms with van der Waals surface area (Å²) in [6, 6.07) is 6.22. The van der Waals surface area contributed by atoms with Gasteiger partial charge >= 0.3 is 6.18 Å². The Balaban J connectivity index is 2.35. The Bertz CT molecular complexity index is 627. The van der Waals surface area contributed by atoms with Crippen molar-refractivity contribution in [1.82, 2.24) is 9.97 Å². The quantitative estimate of drug-likeness (QED) is 0.877. The average molecular weight is 317 g/mol. The first kappa shape index (κ1) is 15.7. The number of hydrogen-bond donors (Lipinski definition) is 1. The van der Waals surface area contributed by atoms with Crippen molar-refractivity contribution in [3.8, 4) is 11.3 Å². The lowest BCUT2D eigenvalue weighted by molar-refractivity contribution is -0.137. The number of aliphatic hydroxyl groups is 1. The van der Waals surface area contributed by atoms with Gasteiger partial charge in [-0.15, -0.1) is 0 Å². The average Bonchev–Trinajstić information content (AvgIpc) is 2.36. The fourth-order valence-corrected chi connectivity index (χ4v) is 2.05. The summed E-state index contributed by atoms with van der Waals surface area (Å²) >= 11 is 5.80. The molecule has 1 N–H and O–H groups in total. The third-order valence-electron chi connectivity index (χ3n) is 2.76. The molecule has 1 aromatic heterocycles. The monoisotopic (exact) mass is 316 g/mol. The van der Waals surface area contributed by atoms with Gasteiger partial charge in [-0.25, -0.2) is 9.97 Å². The van der Waals surface area contributed by atoms with Gasteiger partial charge in [0.05, 0.1) is 17.4 Å². The minimum atomic E-state index is -4.38. The molecule has 3 nitrogen and oxygen atoms in total. The maximum Gasteiger partial charge on any atom is 0.416 e. The van der Waals surface area contributed by atoms with Crippen molar-refractivity contribution in [3.05, 3.63) is 46.9 Å². The number of benzene rings is 1. The Hall–Kier alpha value is -1.66. The predicted octanol–water partition coefficient (Wildman–Crippen LogP) is 3.74. The van der Waals surface area contributed by atoms with Crippen LogP contribution in [0.1, 0.15) is 18.2 Å². The summed E-state index contributed by atoms with van der Waals surface area (Å²) in [5.41, 5.74) is 0.717. The second-order valence-electron chi connectivity index (χ2n) is 4.64. The number of halogens is 4. The van der Waals surface area contributed by atoms with Crippen LogP contribution in [0, 0.1) is 0 Å². The SMILES string of the molecule is CC(O)Cc1cc(-c2ccc(C(F)(F)F)cc2)nc(Cl)n1. The van der Waals surface area contributed by atoms with Crippen molar-refractivity contribution in [2.24, 2.45) is 0 Å². The van der Waals surface area contributed by atoms with Crippen molar-refractivity contribution in [3.63, 3.8) is 0 Å². The Morgan fingerprint density at radius 1 is 1.19 bits per heavy atom. The maximum absolute atomic E-state index is 12.5. The molecule has 0 saturated carbocycles. The summed E-state index contributed by atoms with van der Waals surface area (Å²) in [5, 5.41) is 9.34. The summed E-state index contributed by atoms with van der Waals surface area (Å²) in [6.07, 6.45) is -4.69. The summed E-state index contributed by atoms with van der Waals surface area (Å²) in [6.45, 7) is 1.60. The Kier molecular flexibility index (Phi) is 4.49. The molecule has 0 aliphatic heterocycles. The Labute approximate surface area is 124 Å². The van der Waals surface area contributed by atoms with Crippen molar-refractivity contribution >= 4 is 11.6 Å². The number of aromatic nitrogens is 2. The largest absolute Gasteiger partial charge is 0.416 e. The van der Waals surface area contributed by atoms with Gasteiger partial charge < -0.3 is 5.11 Å². The van der Waals surface area contributed by atoms with Gasteiger partial charge in [0, 0.05) is 17.7 Å². The number of alkyl halides is 3. The number of rotatable bonds is 3. The zero-order valence-corrected chi connectivity index (χ0v) is 11.8. The number of hydrogen-bond acceptors (Lipinski definition) is 3. The molecule has 0 aliphatic carbocycles. The van der Waals surface area contributed by atoms with Gasteiger partial charge in [-0.05, 0) is 36.7 Å². The highest BCUT2D eigenvalue weighted by molar-refractivity contribution is 6.28. The molecule has 1 unspecified atom stereocenters. The van der Waals surface area contributed by atoms with Crippen LogP contribution in [0.25, 0.3) is 11.3 Å². The van der Waals surface area contributed by atoms with Crippen LogP contribution < -0.4 is 0 Å². The van der Waals surface area contributed by atoms with E-state index in [1.165, 1.54) is 12.1 Å². The van der Waals surface area contributed by atoms with E-state index in [1.807, 2.05) is 0 Å². The fourth-order valence-electron chi connectivity index (χ4n) is 1.85. The predicted molar refractivity (Wildman–Crippen MR) is 72.9 cm³/mol. The first-order valence-corrected chi connectivity index (χ1v) is 6.52. The van der Waals surface area contributed by atoms with Crippen LogP contribution in [0.2, 0.25) is 5.28 Å². The molecule has 0 amide bonds. The molecule has 0 saturated heterocycles. The minimum Gasteiger partial charge on any atom is -0.393 e. The normalized spacial score (nSPS) is 13.2. The summed E-state index contributed by atoms with van der Waals surface area (Å²) in [4.78, 5) is 7.97. The van der Waals surface area contributed by atoms with Crippen LogP contribution >= 0.6 is 11.6 Å².